The SMILES string of the molecule is CN1CCCC(COc2ccc3occ(-c4ccccc4)c(=O)c3c2)C1. The minimum Gasteiger partial charge on any atom is -0.493 e. The Morgan fingerprint density at radius 1 is 1.19 bits per heavy atom. The molecule has 0 aliphatic carbocycles. The summed E-state index contributed by atoms with van der Waals surface area (Å²) >= 11 is 0. The summed E-state index contributed by atoms with van der Waals surface area (Å²) in [4.78, 5) is 15.3. The lowest BCUT2D eigenvalue weighted by atomic mass is 9.99. The molecule has 0 spiro atoms. The second-order valence-corrected chi connectivity index (χ2v) is 7.08. The van der Waals surface area contributed by atoms with E-state index in [0.717, 1.165) is 24.4 Å². The van der Waals surface area contributed by atoms with Gasteiger partial charge in [0, 0.05) is 12.5 Å². The van der Waals surface area contributed by atoms with Crippen LogP contribution < -0.4 is 10.2 Å². The summed E-state index contributed by atoms with van der Waals surface area (Å²) in [6, 6.07) is 15.1. The third kappa shape index (κ3) is 3.51. The third-order valence-corrected chi connectivity index (χ3v) is 5.04. The summed E-state index contributed by atoms with van der Waals surface area (Å²) < 4.78 is 11.7. The van der Waals surface area contributed by atoms with Crippen molar-refractivity contribution in [2.75, 3.05) is 26.7 Å². The molecule has 2 aromatic carbocycles. The lowest BCUT2D eigenvalue weighted by Crippen LogP contribution is -2.34. The van der Waals surface area contributed by atoms with Crippen LogP contribution in [0.5, 0.6) is 5.75 Å². The van der Waals surface area contributed by atoms with Crippen molar-refractivity contribution in [2.24, 2.45) is 5.92 Å². The van der Waals surface area contributed by atoms with Crippen LogP contribution >= 0.6 is 0 Å². The van der Waals surface area contributed by atoms with Gasteiger partial charge in [-0.1, -0.05) is 30.3 Å². The Morgan fingerprint density at radius 3 is 2.85 bits per heavy atom. The molecular weight excluding hydrogens is 326 g/mol. The molecular formula is C22H23NO3. The molecule has 0 radical (unpaired) electrons. The summed E-state index contributed by atoms with van der Waals surface area (Å²) in [5.41, 5.74) is 1.99. The predicted molar refractivity (Wildman–Crippen MR) is 104 cm³/mol. The van der Waals surface area contributed by atoms with Crippen molar-refractivity contribution in [1.82, 2.24) is 4.90 Å². The maximum Gasteiger partial charge on any atom is 0.200 e. The van der Waals surface area contributed by atoms with Crippen LogP contribution in [-0.4, -0.2) is 31.6 Å². The van der Waals surface area contributed by atoms with E-state index in [9.17, 15) is 4.79 Å². The number of benzene rings is 2. The van der Waals surface area contributed by atoms with Crippen LogP contribution in [0.4, 0.5) is 0 Å². The standard InChI is InChI=1S/C22H23NO3/c1-23-11-5-6-16(13-23)14-25-18-9-10-21-19(12-18)22(24)20(15-26-21)17-7-3-2-4-8-17/h2-4,7-10,12,15-16H,5-6,11,13-14H2,1H3. The van der Waals surface area contributed by atoms with Crippen LogP contribution in [0.15, 0.2) is 64.0 Å². The zero-order valence-electron chi connectivity index (χ0n) is 15.0. The van der Waals surface area contributed by atoms with Crippen LogP contribution in [0.2, 0.25) is 0 Å². The molecule has 1 unspecified atom stereocenters. The van der Waals surface area contributed by atoms with Gasteiger partial charge in [-0.2, -0.15) is 0 Å². The number of rotatable bonds is 4. The first-order valence-electron chi connectivity index (χ1n) is 9.13. The number of fused-ring (bicyclic) bond motifs is 1. The molecule has 4 rings (SSSR count). The number of hydrogen-bond acceptors (Lipinski definition) is 4. The quantitative estimate of drug-likeness (QED) is 0.709. The fraction of sp³-hybridized carbons (Fsp3) is 0.318. The van der Waals surface area contributed by atoms with Crippen LogP contribution in [0.1, 0.15) is 12.8 Å². The topological polar surface area (TPSA) is 42.7 Å². The van der Waals surface area contributed by atoms with Gasteiger partial charge >= 0.3 is 0 Å². The molecule has 3 aromatic rings. The van der Waals surface area contributed by atoms with E-state index >= 15 is 0 Å². The van der Waals surface area contributed by atoms with Gasteiger partial charge in [-0.25, -0.2) is 0 Å². The van der Waals surface area contributed by atoms with E-state index in [2.05, 4.69) is 11.9 Å². The van der Waals surface area contributed by atoms with Crippen molar-refractivity contribution in [1.29, 1.82) is 0 Å². The second-order valence-electron chi connectivity index (χ2n) is 7.08. The first-order valence-corrected chi connectivity index (χ1v) is 9.13. The van der Waals surface area contributed by atoms with Gasteiger partial charge in [0.2, 0.25) is 5.43 Å². The summed E-state index contributed by atoms with van der Waals surface area (Å²) in [7, 11) is 2.15. The van der Waals surface area contributed by atoms with E-state index in [-0.39, 0.29) is 5.43 Å². The van der Waals surface area contributed by atoms with Gasteiger partial charge in [0.25, 0.3) is 0 Å². The summed E-state index contributed by atoms with van der Waals surface area (Å²) in [5.74, 6) is 1.26. The van der Waals surface area contributed by atoms with E-state index in [0.29, 0.717) is 29.1 Å². The lowest BCUT2D eigenvalue weighted by molar-refractivity contribution is 0.150. The smallest absolute Gasteiger partial charge is 0.200 e. The minimum absolute atomic E-state index is 0.0275. The second kappa shape index (κ2) is 7.34. The van der Waals surface area contributed by atoms with Crippen LogP contribution in [-0.2, 0) is 0 Å². The Hall–Kier alpha value is -2.59. The van der Waals surface area contributed by atoms with Crippen molar-refractivity contribution < 1.29 is 9.15 Å². The Labute approximate surface area is 153 Å². The average Bonchev–Trinajstić information content (AvgIpc) is 2.68. The molecule has 0 N–H and O–H groups in total. The van der Waals surface area contributed by atoms with E-state index in [1.54, 1.807) is 12.3 Å². The Kier molecular flexibility index (Phi) is 4.76. The highest BCUT2D eigenvalue weighted by molar-refractivity contribution is 5.82. The first kappa shape index (κ1) is 16.9. The van der Waals surface area contributed by atoms with Crippen LogP contribution in [0.25, 0.3) is 22.1 Å². The van der Waals surface area contributed by atoms with E-state index < -0.39 is 0 Å². The number of likely N-dealkylation sites (tertiary alicyclic amines) is 1. The average molecular weight is 349 g/mol. The van der Waals surface area contributed by atoms with Gasteiger partial charge < -0.3 is 14.1 Å². The van der Waals surface area contributed by atoms with Crippen LogP contribution in [0, 0.1) is 5.92 Å². The van der Waals surface area contributed by atoms with Crippen molar-refractivity contribution in [2.45, 2.75) is 12.8 Å². The zero-order valence-corrected chi connectivity index (χ0v) is 15.0. The molecule has 0 amide bonds. The number of hydrogen-bond donors (Lipinski definition) is 0. The van der Waals surface area contributed by atoms with Crippen molar-refractivity contribution >= 4 is 11.0 Å². The van der Waals surface area contributed by atoms with Gasteiger partial charge in [-0.05, 0) is 50.2 Å². The number of ether oxygens (including phenoxy) is 1. The molecule has 0 saturated carbocycles. The van der Waals surface area contributed by atoms with E-state index in [1.807, 2.05) is 42.5 Å². The maximum absolute atomic E-state index is 12.9. The van der Waals surface area contributed by atoms with Crippen molar-refractivity contribution in [3.8, 4) is 16.9 Å². The number of nitrogens with zero attached hydrogens (tertiary/aromatic N) is 1. The molecule has 1 fully saturated rings. The van der Waals surface area contributed by atoms with Gasteiger partial charge in [0.05, 0.1) is 17.6 Å². The molecule has 4 heteroatoms. The van der Waals surface area contributed by atoms with Crippen molar-refractivity contribution in [3.63, 3.8) is 0 Å². The van der Waals surface area contributed by atoms with Gasteiger partial charge in [0.1, 0.15) is 17.6 Å². The summed E-state index contributed by atoms with van der Waals surface area (Å²) in [6.45, 7) is 2.91. The highest BCUT2D eigenvalue weighted by atomic mass is 16.5. The van der Waals surface area contributed by atoms with E-state index in [1.165, 1.54) is 12.8 Å². The molecule has 1 atom stereocenters. The Bertz CT molecular complexity index is 949. The predicted octanol–water partition coefficient (Wildman–Crippen LogP) is 4.18. The van der Waals surface area contributed by atoms with Gasteiger partial charge in [-0.3, -0.25) is 4.79 Å². The fourth-order valence-corrected chi connectivity index (χ4v) is 3.64. The maximum atomic E-state index is 12.9. The molecule has 1 aliphatic heterocycles. The van der Waals surface area contributed by atoms with E-state index in [4.69, 9.17) is 9.15 Å². The van der Waals surface area contributed by atoms with Gasteiger partial charge in [0.15, 0.2) is 0 Å². The normalized spacial score (nSPS) is 18.1. The molecule has 2 heterocycles. The Balaban J connectivity index is 1.59. The highest BCUT2D eigenvalue weighted by Crippen LogP contribution is 2.24. The molecule has 0 bridgehead atoms. The van der Waals surface area contributed by atoms with Crippen molar-refractivity contribution in [3.05, 3.63) is 65.0 Å². The highest BCUT2D eigenvalue weighted by Gasteiger charge is 2.18. The minimum atomic E-state index is -0.0275. The monoisotopic (exact) mass is 349 g/mol. The summed E-state index contributed by atoms with van der Waals surface area (Å²) in [6.07, 6.45) is 3.95. The lowest BCUT2D eigenvalue weighted by Gasteiger charge is -2.29. The zero-order chi connectivity index (χ0) is 17.9. The third-order valence-electron chi connectivity index (χ3n) is 5.04. The number of piperidine rings is 1. The molecule has 4 nitrogen and oxygen atoms in total. The molecule has 26 heavy (non-hydrogen) atoms. The van der Waals surface area contributed by atoms with Gasteiger partial charge in [-0.15, -0.1) is 0 Å². The largest absolute Gasteiger partial charge is 0.493 e. The summed E-state index contributed by atoms with van der Waals surface area (Å²) in [5, 5.41) is 0.560. The first-order chi connectivity index (χ1) is 12.7. The molecule has 1 saturated heterocycles. The molecule has 1 aromatic heterocycles. The molecule has 1 aliphatic rings. The van der Waals surface area contributed by atoms with Crippen LogP contribution in [0.3, 0.4) is 0 Å². The fourth-order valence-electron chi connectivity index (χ4n) is 3.64. The molecule has 134 valence electrons. The Morgan fingerprint density at radius 2 is 2.04 bits per heavy atom.